The molecule has 1 aliphatic rings. The van der Waals surface area contributed by atoms with Gasteiger partial charge in [0.05, 0.1) is 6.21 Å². The van der Waals surface area contributed by atoms with Crippen LogP contribution in [0.2, 0.25) is 0 Å². The summed E-state index contributed by atoms with van der Waals surface area (Å²) in [6.07, 6.45) is 2.12. The Morgan fingerprint density at radius 3 is 2.59 bits per heavy atom. The third-order valence-electron chi connectivity index (χ3n) is 5.23. The number of anilines is 1. The van der Waals surface area contributed by atoms with Crippen molar-refractivity contribution in [2.45, 2.75) is 40.2 Å². The van der Waals surface area contributed by atoms with Crippen LogP contribution in [0.25, 0.3) is 0 Å². The third-order valence-corrected chi connectivity index (χ3v) is 5.23. The van der Waals surface area contributed by atoms with Crippen LogP contribution < -0.4 is 4.90 Å². The van der Waals surface area contributed by atoms with E-state index in [0.717, 1.165) is 47.9 Å². The van der Waals surface area contributed by atoms with Crippen molar-refractivity contribution in [1.29, 1.82) is 0 Å². The summed E-state index contributed by atoms with van der Waals surface area (Å²) in [7, 11) is 0. The fourth-order valence-electron chi connectivity index (χ4n) is 3.55. The number of aryl methyl sites for hydroxylation is 2. The predicted octanol–water partition coefficient (Wildman–Crippen LogP) is 3.39. The first-order valence-electron chi connectivity index (χ1n) is 9.71. The lowest BCUT2D eigenvalue weighted by Gasteiger charge is -2.25. The fourth-order valence-corrected chi connectivity index (χ4v) is 3.55. The van der Waals surface area contributed by atoms with E-state index < -0.39 is 0 Å². The molecule has 0 bridgehead atoms. The van der Waals surface area contributed by atoms with E-state index in [1.54, 1.807) is 4.90 Å². The molecule has 0 N–H and O–H groups in total. The van der Waals surface area contributed by atoms with Gasteiger partial charge in [-0.3, -0.25) is 9.79 Å². The fraction of sp³-hybridized carbons (Fsp3) is 0.476. The molecule has 1 amide bonds. The topological polar surface area (TPSA) is 61.9 Å². The van der Waals surface area contributed by atoms with Crippen LogP contribution in [0.4, 0.5) is 5.69 Å². The Hall–Kier alpha value is -2.47. The lowest BCUT2D eigenvalue weighted by atomic mass is 9.98. The van der Waals surface area contributed by atoms with E-state index in [1.165, 1.54) is 6.21 Å². The van der Waals surface area contributed by atoms with Gasteiger partial charge in [-0.2, -0.15) is 0 Å². The number of likely N-dealkylation sites (N-methyl/N-ethyl adjacent to an activating group) is 1. The average molecular weight is 368 g/mol. The molecule has 144 valence electrons. The SMILES string of the molecule is CCc1onc2c1N(CCN(CC)CC)C(=O)C=NC2c1ccccc1C. The van der Waals surface area contributed by atoms with Crippen molar-refractivity contribution in [2.75, 3.05) is 31.1 Å². The number of carbonyl (C=O) groups is 1. The monoisotopic (exact) mass is 368 g/mol. The molecule has 2 aromatic rings. The van der Waals surface area contributed by atoms with Gasteiger partial charge in [-0.05, 0) is 31.1 Å². The quantitative estimate of drug-likeness (QED) is 0.751. The zero-order valence-electron chi connectivity index (χ0n) is 16.6. The molecule has 27 heavy (non-hydrogen) atoms. The maximum atomic E-state index is 12.9. The van der Waals surface area contributed by atoms with E-state index in [1.807, 2.05) is 25.1 Å². The first-order valence-corrected chi connectivity index (χ1v) is 9.71. The Morgan fingerprint density at radius 2 is 1.93 bits per heavy atom. The minimum atomic E-state index is -0.326. The molecule has 0 aliphatic carbocycles. The average Bonchev–Trinajstić information content (AvgIpc) is 3.04. The highest BCUT2D eigenvalue weighted by atomic mass is 16.5. The lowest BCUT2D eigenvalue weighted by molar-refractivity contribution is -0.112. The predicted molar refractivity (Wildman–Crippen MR) is 108 cm³/mol. The van der Waals surface area contributed by atoms with Crippen molar-refractivity contribution < 1.29 is 9.32 Å². The van der Waals surface area contributed by atoms with Crippen molar-refractivity contribution in [2.24, 2.45) is 4.99 Å². The van der Waals surface area contributed by atoms with Gasteiger partial charge in [0.2, 0.25) is 0 Å². The zero-order valence-corrected chi connectivity index (χ0v) is 16.6. The minimum Gasteiger partial charge on any atom is -0.359 e. The molecular weight excluding hydrogens is 340 g/mol. The van der Waals surface area contributed by atoms with Gasteiger partial charge < -0.3 is 14.3 Å². The summed E-state index contributed by atoms with van der Waals surface area (Å²) in [5.41, 5.74) is 3.68. The number of amides is 1. The minimum absolute atomic E-state index is 0.114. The van der Waals surface area contributed by atoms with Gasteiger partial charge in [-0.25, -0.2) is 0 Å². The molecule has 2 heterocycles. The van der Waals surface area contributed by atoms with Crippen LogP contribution in [0, 0.1) is 6.92 Å². The van der Waals surface area contributed by atoms with Crippen LogP contribution >= 0.6 is 0 Å². The van der Waals surface area contributed by atoms with Crippen molar-refractivity contribution >= 4 is 17.8 Å². The van der Waals surface area contributed by atoms with Crippen molar-refractivity contribution in [3.63, 3.8) is 0 Å². The second kappa shape index (κ2) is 8.48. The maximum Gasteiger partial charge on any atom is 0.269 e. The summed E-state index contributed by atoms with van der Waals surface area (Å²) in [4.78, 5) is 21.6. The maximum absolute atomic E-state index is 12.9. The molecule has 1 aromatic heterocycles. The van der Waals surface area contributed by atoms with E-state index in [9.17, 15) is 4.79 Å². The van der Waals surface area contributed by atoms with Crippen LogP contribution in [0.15, 0.2) is 33.8 Å². The Bertz CT molecular complexity index is 823. The number of aromatic nitrogens is 1. The molecule has 1 aromatic carbocycles. The normalized spacial score (nSPS) is 16.7. The number of nitrogens with zero attached hydrogens (tertiary/aromatic N) is 4. The molecule has 0 fully saturated rings. The zero-order chi connectivity index (χ0) is 19.4. The van der Waals surface area contributed by atoms with Crippen LogP contribution in [0.5, 0.6) is 0 Å². The van der Waals surface area contributed by atoms with Gasteiger partial charge in [0.15, 0.2) is 5.76 Å². The Labute approximate surface area is 160 Å². The molecule has 0 radical (unpaired) electrons. The standard InChI is InChI=1S/C21H28N4O2/c1-5-17-21-20(23-27-17)19(16-11-9-8-10-15(16)4)22-14-18(26)25(21)13-12-24(6-2)7-3/h8-11,14,19H,5-7,12-13H2,1-4H3. The number of rotatable bonds is 7. The third kappa shape index (κ3) is 3.81. The first kappa shape index (κ1) is 19.3. The number of hydrogen-bond acceptors (Lipinski definition) is 5. The van der Waals surface area contributed by atoms with Gasteiger partial charge in [0.25, 0.3) is 5.91 Å². The molecule has 6 heteroatoms. The molecule has 0 saturated heterocycles. The highest BCUT2D eigenvalue weighted by Crippen LogP contribution is 2.38. The Balaban J connectivity index is 2.03. The van der Waals surface area contributed by atoms with Gasteiger partial charge in [-0.1, -0.05) is 50.2 Å². The van der Waals surface area contributed by atoms with E-state index >= 15 is 0 Å². The molecular formula is C21H28N4O2. The summed E-state index contributed by atoms with van der Waals surface area (Å²) in [6, 6.07) is 7.76. The van der Waals surface area contributed by atoms with Gasteiger partial charge in [0, 0.05) is 19.5 Å². The molecule has 3 rings (SSSR count). The smallest absolute Gasteiger partial charge is 0.269 e. The number of benzene rings is 1. The van der Waals surface area contributed by atoms with Crippen molar-refractivity contribution in [1.82, 2.24) is 10.1 Å². The van der Waals surface area contributed by atoms with Crippen molar-refractivity contribution in [3.8, 4) is 0 Å². The summed E-state index contributed by atoms with van der Waals surface area (Å²) >= 11 is 0. The number of fused-ring (bicyclic) bond motifs is 1. The van der Waals surface area contributed by atoms with Crippen molar-refractivity contribution in [3.05, 3.63) is 46.8 Å². The van der Waals surface area contributed by atoms with E-state index in [-0.39, 0.29) is 11.9 Å². The Morgan fingerprint density at radius 1 is 1.19 bits per heavy atom. The van der Waals surface area contributed by atoms with E-state index in [0.29, 0.717) is 13.0 Å². The second-order valence-electron chi connectivity index (χ2n) is 6.75. The van der Waals surface area contributed by atoms with Crippen LogP contribution in [-0.4, -0.2) is 48.4 Å². The summed E-state index contributed by atoms with van der Waals surface area (Å²) in [5.74, 6) is 0.624. The molecule has 0 saturated carbocycles. The highest BCUT2D eigenvalue weighted by Gasteiger charge is 2.33. The number of hydrogen-bond donors (Lipinski definition) is 0. The number of carbonyl (C=O) groups excluding carboxylic acids is 1. The molecule has 1 aliphatic heterocycles. The van der Waals surface area contributed by atoms with Gasteiger partial charge in [0.1, 0.15) is 17.4 Å². The van der Waals surface area contributed by atoms with E-state index in [4.69, 9.17) is 4.52 Å². The lowest BCUT2D eigenvalue weighted by Crippen LogP contribution is -2.39. The molecule has 0 spiro atoms. The van der Waals surface area contributed by atoms with Gasteiger partial charge >= 0.3 is 0 Å². The molecule has 6 nitrogen and oxygen atoms in total. The highest BCUT2D eigenvalue weighted by molar-refractivity contribution is 6.33. The molecule has 1 unspecified atom stereocenters. The molecule has 1 atom stereocenters. The van der Waals surface area contributed by atoms with Crippen LogP contribution in [0.1, 0.15) is 49.4 Å². The first-order chi connectivity index (χ1) is 13.1. The number of aliphatic imine (C=N–C) groups is 1. The Kier molecular flexibility index (Phi) is 6.06. The van der Waals surface area contributed by atoms with Crippen LogP contribution in [0.3, 0.4) is 0 Å². The largest absolute Gasteiger partial charge is 0.359 e. The summed E-state index contributed by atoms with van der Waals surface area (Å²) in [5, 5.41) is 4.34. The second-order valence-corrected chi connectivity index (χ2v) is 6.75. The van der Waals surface area contributed by atoms with Crippen LogP contribution in [-0.2, 0) is 11.2 Å². The van der Waals surface area contributed by atoms with E-state index in [2.05, 4.69) is 41.9 Å². The van der Waals surface area contributed by atoms with Gasteiger partial charge in [-0.15, -0.1) is 0 Å². The summed E-state index contributed by atoms with van der Waals surface area (Å²) < 4.78 is 5.62. The summed E-state index contributed by atoms with van der Waals surface area (Å²) in [6.45, 7) is 11.6.